The van der Waals surface area contributed by atoms with E-state index in [1.165, 1.54) is 0 Å². The van der Waals surface area contributed by atoms with Gasteiger partial charge in [-0.05, 0) is 31.7 Å². The zero-order valence-corrected chi connectivity index (χ0v) is 9.24. The molecule has 3 amide bonds. The molecule has 2 atom stereocenters. The third-order valence-electron chi connectivity index (χ3n) is 2.74. The van der Waals surface area contributed by atoms with Crippen LogP contribution in [-0.4, -0.2) is 36.2 Å². The van der Waals surface area contributed by atoms with Crippen LogP contribution in [-0.2, 0) is 4.79 Å². The molecule has 0 saturated heterocycles. The molecular weight excluding hydrogens is 210 g/mol. The SMILES string of the molecule is NC(=O)NC(=O)CNCC1CCCC(O)C1. The molecule has 1 rings (SSSR count). The smallest absolute Gasteiger partial charge is 0.318 e. The Morgan fingerprint density at radius 2 is 2.12 bits per heavy atom. The molecule has 0 aliphatic heterocycles. The lowest BCUT2D eigenvalue weighted by Crippen LogP contribution is -2.42. The van der Waals surface area contributed by atoms with E-state index in [2.05, 4.69) is 5.32 Å². The first-order valence-corrected chi connectivity index (χ1v) is 5.56. The summed E-state index contributed by atoms with van der Waals surface area (Å²) in [7, 11) is 0. The van der Waals surface area contributed by atoms with Crippen molar-refractivity contribution < 1.29 is 14.7 Å². The number of rotatable bonds is 4. The number of imide groups is 1. The van der Waals surface area contributed by atoms with Gasteiger partial charge in [-0.3, -0.25) is 10.1 Å². The molecule has 0 bridgehead atoms. The third-order valence-corrected chi connectivity index (χ3v) is 2.74. The minimum absolute atomic E-state index is 0.0789. The van der Waals surface area contributed by atoms with Crippen LogP contribution < -0.4 is 16.4 Å². The van der Waals surface area contributed by atoms with Gasteiger partial charge in [0.2, 0.25) is 5.91 Å². The summed E-state index contributed by atoms with van der Waals surface area (Å²) in [5.41, 5.74) is 4.79. The standard InChI is InChI=1S/C10H19N3O3/c11-10(16)13-9(15)6-12-5-7-2-1-3-8(14)4-7/h7-8,12,14H,1-6H2,(H3,11,13,15,16). The lowest BCUT2D eigenvalue weighted by Gasteiger charge is -2.25. The van der Waals surface area contributed by atoms with Gasteiger partial charge < -0.3 is 16.2 Å². The Hall–Kier alpha value is -1.14. The molecule has 0 heterocycles. The number of urea groups is 1. The second kappa shape index (κ2) is 6.44. The maximum atomic E-state index is 11.0. The molecule has 1 aliphatic carbocycles. The van der Waals surface area contributed by atoms with E-state index in [0.29, 0.717) is 12.5 Å². The number of hydrogen-bond acceptors (Lipinski definition) is 4. The van der Waals surface area contributed by atoms with Crippen molar-refractivity contribution in [2.45, 2.75) is 31.8 Å². The first-order chi connectivity index (χ1) is 7.58. The van der Waals surface area contributed by atoms with Crippen LogP contribution in [0.1, 0.15) is 25.7 Å². The Morgan fingerprint density at radius 3 is 2.75 bits per heavy atom. The highest BCUT2D eigenvalue weighted by Crippen LogP contribution is 2.23. The molecule has 0 aromatic carbocycles. The van der Waals surface area contributed by atoms with Crippen molar-refractivity contribution in [2.75, 3.05) is 13.1 Å². The molecule has 2 unspecified atom stereocenters. The Bertz CT molecular complexity index is 258. The summed E-state index contributed by atoms with van der Waals surface area (Å²) in [5.74, 6) is -0.0195. The highest BCUT2D eigenvalue weighted by atomic mass is 16.3. The number of aliphatic hydroxyl groups excluding tert-OH is 1. The quantitative estimate of drug-likeness (QED) is 0.512. The molecule has 5 N–H and O–H groups in total. The number of nitrogens with one attached hydrogen (secondary N) is 2. The van der Waals surface area contributed by atoms with Gasteiger partial charge in [-0.25, -0.2) is 4.79 Å². The van der Waals surface area contributed by atoms with Crippen molar-refractivity contribution in [1.82, 2.24) is 10.6 Å². The maximum Gasteiger partial charge on any atom is 0.318 e. The summed E-state index contributed by atoms with van der Waals surface area (Å²) in [5, 5.41) is 14.4. The summed E-state index contributed by atoms with van der Waals surface area (Å²) in [6.45, 7) is 0.763. The number of carbonyl (C=O) groups excluding carboxylic acids is 2. The second-order valence-electron chi connectivity index (χ2n) is 4.23. The van der Waals surface area contributed by atoms with Crippen molar-refractivity contribution in [1.29, 1.82) is 0 Å². The highest BCUT2D eigenvalue weighted by molar-refractivity contribution is 5.94. The van der Waals surface area contributed by atoms with Crippen molar-refractivity contribution in [3.05, 3.63) is 0 Å². The molecule has 0 aromatic heterocycles. The first kappa shape index (κ1) is 12.9. The summed E-state index contributed by atoms with van der Waals surface area (Å²) < 4.78 is 0. The topological polar surface area (TPSA) is 104 Å². The van der Waals surface area contributed by atoms with E-state index in [9.17, 15) is 14.7 Å². The number of aliphatic hydroxyl groups is 1. The van der Waals surface area contributed by atoms with Gasteiger partial charge in [0.1, 0.15) is 0 Å². The molecule has 1 aliphatic rings. The third kappa shape index (κ3) is 5.09. The van der Waals surface area contributed by atoms with Crippen LogP contribution in [0.2, 0.25) is 0 Å². The summed E-state index contributed by atoms with van der Waals surface area (Å²) in [4.78, 5) is 21.4. The van der Waals surface area contributed by atoms with Gasteiger partial charge in [-0.1, -0.05) is 6.42 Å². The zero-order chi connectivity index (χ0) is 12.0. The molecular formula is C10H19N3O3. The van der Waals surface area contributed by atoms with E-state index < -0.39 is 11.9 Å². The Kier molecular flexibility index (Phi) is 5.21. The monoisotopic (exact) mass is 229 g/mol. The van der Waals surface area contributed by atoms with Gasteiger partial charge >= 0.3 is 6.03 Å². The zero-order valence-electron chi connectivity index (χ0n) is 9.24. The minimum Gasteiger partial charge on any atom is -0.393 e. The fourth-order valence-corrected chi connectivity index (χ4v) is 2.02. The predicted octanol–water partition coefficient (Wildman–Crippen LogP) is -0.678. The number of nitrogens with two attached hydrogens (primary N) is 1. The van der Waals surface area contributed by atoms with Gasteiger partial charge in [0.15, 0.2) is 0 Å². The van der Waals surface area contributed by atoms with Crippen molar-refractivity contribution in [3.63, 3.8) is 0 Å². The van der Waals surface area contributed by atoms with Crippen LogP contribution in [0.3, 0.4) is 0 Å². The van der Waals surface area contributed by atoms with Crippen LogP contribution in [0.15, 0.2) is 0 Å². The molecule has 0 radical (unpaired) electrons. The van der Waals surface area contributed by atoms with E-state index in [4.69, 9.17) is 5.73 Å². The van der Waals surface area contributed by atoms with Crippen LogP contribution in [0, 0.1) is 5.92 Å². The molecule has 0 spiro atoms. The van der Waals surface area contributed by atoms with Crippen LogP contribution in [0.4, 0.5) is 4.79 Å². The van der Waals surface area contributed by atoms with Gasteiger partial charge in [-0.2, -0.15) is 0 Å². The molecule has 92 valence electrons. The van der Waals surface area contributed by atoms with Crippen LogP contribution >= 0.6 is 0 Å². The predicted molar refractivity (Wildman–Crippen MR) is 58.6 cm³/mol. The normalized spacial score (nSPS) is 25.1. The first-order valence-electron chi connectivity index (χ1n) is 5.56. The van der Waals surface area contributed by atoms with Gasteiger partial charge in [0.25, 0.3) is 0 Å². The molecule has 1 fully saturated rings. The van der Waals surface area contributed by atoms with E-state index in [1.807, 2.05) is 5.32 Å². The molecule has 0 aromatic rings. The fraction of sp³-hybridized carbons (Fsp3) is 0.800. The number of primary amides is 1. The number of hydrogen-bond donors (Lipinski definition) is 4. The molecule has 1 saturated carbocycles. The maximum absolute atomic E-state index is 11.0. The van der Waals surface area contributed by atoms with Crippen LogP contribution in [0.5, 0.6) is 0 Å². The lowest BCUT2D eigenvalue weighted by atomic mass is 9.87. The lowest BCUT2D eigenvalue weighted by molar-refractivity contribution is -0.119. The Morgan fingerprint density at radius 1 is 1.38 bits per heavy atom. The van der Waals surface area contributed by atoms with E-state index >= 15 is 0 Å². The van der Waals surface area contributed by atoms with Crippen molar-refractivity contribution in [3.8, 4) is 0 Å². The van der Waals surface area contributed by atoms with Crippen LogP contribution in [0.25, 0.3) is 0 Å². The van der Waals surface area contributed by atoms with Gasteiger partial charge in [0.05, 0.1) is 12.6 Å². The second-order valence-corrected chi connectivity index (χ2v) is 4.23. The average Bonchev–Trinajstić information content (AvgIpc) is 2.16. The molecule has 6 heteroatoms. The van der Waals surface area contributed by atoms with Gasteiger partial charge in [0, 0.05) is 0 Å². The van der Waals surface area contributed by atoms with E-state index in [-0.39, 0.29) is 12.6 Å². The van der Waals surface area contributed by atoms with Gasteiger partial charge in [-0.15, -0.1) is 0 Å². The van der Waals surface area contributed by atoms with E-state index in [1.54, 1.807) is 0 Å². The molecule has 16 heavy (non-hydrogen) atoms. The Labute approximate surface area is 94.6 Å². The average molecular weight is 229 g/mol. The molecule has 6 nitrogen and oxygen atoms in total. The highest BCUT2D eigenvalue weighted by Gasteiger charge is 2.19. The Balaban J connectivity index is 2.10. The number of carbonyl (C=O) groups is 2. The van der Waals surface area contributed by atoms with E-state index in [0.717, 1.165) is 25.7 Å². The van der Waals surface area contributed by atoms with Crippen molar-refractivity contribution in [2.24, 2.45) is 11.7 Å². The largest absolute Gasteiger partial charge is 0.393 e. The summed E-state index contributed by atoms with van der Waals surface area (Å²) in [6.07, 6.45) is 3.55. The minimum atomic E-state index is -0.833. The number of amides is 3. The summed E-state index contributed by atoms with van der Waals surface area (Å²) in [6, 6.07) is -0.833. The summed E-state index contributed by atoms with van der Waals surface area (Å²) >= 11 is 0. The van der Waals surface area contributed by atoms with Crippen molar-refractivity contribution >= 4 is 11.9 Å². The fourth-order valence-electron chi connectivity index (χ4n) is 2.02.